The monoisotopic (exact) mass is 459 g/mol. The van der Waals surface area contributed by atoms with Gasteiger partial charge in [0.2, 0.25) is 5.91 Å². The molecule has 2 unspecified atom stereocenters. The Labute approximate surface area is 180 Å². The van der Waals surface area contributed by atoms with E-state index in [1.807, 2.05) is 0 Å². The first-order chi connectivity index (χ1) is 14.6. The van der Waals surface area contributed by atoms with Gasteiger partial charge in [-0.2, -0.15) is 0 Å². The van der Waals surface area contributed by atoms with Gasteiger partial charge in [0.15, 0.2) is 11.5 Å². The van der Waals surface area contributed by atoms with Gasteiger partial charge in [0.1, 0.15) is 6.04 Å². The van der Waals surface area contributed by atoms with Crippen LogP contribution in [0.1, 0.15) is 24.8 Å². The molecule has 31 heavy (non-hydrogen) atoms. The Hall–Kier alpha value is -2.67. The molecule has 0 aliphatic heterocycles. The molecule has 0 radical (unpaired) electrons. The van der Waals surface area contributed by atoms with Crippen molar-refractivity contribution in [2.75, 3.05) is 21.3 Å². The number of hydrogen-bond acceptors (Lipinski definition) is 8. The number of aliphatic carboxylic acids is 2. The highest BCUT2D eigenvalue weighted by Crippen LogP contribution is 2.26. The molecule has 11 nitrogen and oxygen atoms in total. The van der Waals surface area contributed by atoms with Gasteiger partial charge in [0.25, 0.3) is 0 Å². The fourth-order valence-electron chi connectivity index (χ4n) is 3.08. The van der Waals surface area contributed by atoms with Crippen LogP contribution >= 0.6 is 0 Å². The second-order valence-corrected chi connectivity index (χ2v) is 10.00. The largest absolute Gasteiger partial charge is 0.504 e. The van der Waals surface area contributed by atoms with Crippen LogP contribution in [-0.2, 0) is 34.1 Å². The van der Waals surface area contributed by atoms with Crippen molar-refractivity contribution in [1.82, 2.24) is 5.32 Å². The molecule has 0 aromatic heterocycles. The summed E-state index contributed by atoms with van der Waals surface area (Å²) in [6.45, 7) is 0. The van der Waals surface area contributed by atoms with Gasteiger partial charge in [-0.3, -0.25) is 9.59 Å². The first kappa shape index (κ1) is 26.4. The van der Waals surface area contributed by atoms with Gasteiger partial charge in [0, 0.05) is 39.7 Å². The van der Waals surface area contributed by atoms with Gasteiger partial charge in [-0.1, -0.05) is 6.07 Å². The molecule has 0 aliphatic carbocycles. The number of carboxylic acid groups (broad SMARTS) is 2. The van der Waals surface area contributed by atoms with E-state index in [0.717, 1.165) is 0 Å². The fourth-order valence-corrected chi connectivity index (χ4v) is 4.83. The summed E-state index contributed by atoms with van der Waals surface area (Å²) in [5.74, 6) is -4.96. The van der Waals surface area contributed by atoms with Crippen molar-refractivity contribution in [3.05, 3.63) is 23.8 Å². The Balaban J connectivity index is 2.85. The van der Waals surface area contributed by atoms with Crippen molar-refractivity contribution in [2.45, 2.75) is 37.8 Å². The minimum Gasteiger partial charge on any atom is -0.504 e. The van der Waals surface area contributed by atoms with Crippen LogP contribution in [0.2, 0.25) is 6.04 Å². The second kappa shape index (κ2) is 12.2. The summed E-state index contributed by atoms with van der Waals surface area (Å²) in [5.41, 5.74) is 0.369. The summed E-state index contributed by atoms with van der Waals surface area (Å²) in [6.07, 6.45) is -0.104. The minimum absolute atomic E-state index is 0.162. The zero-order valence-corrected chi connectivity index (χ0v) is 18.7. The lowest BCUT2D eigenvalue weighted by Crippen LogP contribution is -2.45. The van der Waals surface area contributed by atoms with Crippen LogP contribution in [0.5, 0.6) is 11.5 Å². The molecule has 0 fully saturated rings. The molecule has 0 spiro atoms. The maximum absolute atomic E-state index is 12.7. The van der Waals surface area contributed by atoms with Crippen LogP contribution in [0.25, 0.3) is 0 Å². The summed E-state index contributed by atoms with van der Waals surface area (Å²) in [6, 6.07) is 2.82. The lowest BCUT2D eigenvalue weighted by molar-refractivity contribution is -0.144. The van der Waals surface area contributed by atoms with Crippen LogP contribution in [0.3, 0.4) is 0 Å². The summed E-state index contributed by atoms with van der Waals surface area (Å²) in [7, 11) is 1.44. The standard InChI is InChI=1S/C19H29NO10Si/c1-28-31(29-2,30-3)8-4-5-13(11-17(23)24)18(25)20-14(19(26)27)9-12-6-7-15(21)16(22)10-12/h6-7,10,13-14,21-22H,4-5,8-9,11H2,1-3H3,(H,20,25)(H,23,24)(H,26,27). The maximum Gasteiger partial charge on any atom is 0.500 e. The molecule has 1 aromatic carbocycles. The molecule has 1 rings (SSSR count). The van der Waals surface area contributed by atoms with Crippen LogP contribution in [0.15, 0.2) is 18.2 Å². The van der Waals surface area contributed by atoms with Gasteiger partial charge in [-0.25, -0.2) is 4.79 Å². The van der Waals surface area contributed by atoms with Crippen molar-refractivity contribution in [2.24, 2.45) is 5.92 Å². The van der Waals surface area contributed by atoms with Crippen LogP contribution in [-0.4, -0.2) is 74.4 Å². The number of phenols is 2. The first-order valence-electron chi connectivity index (χ1n) is 9.48. The Morgan fingerprint density at radius 1 is 1.03 bits per heavy atom. The van der Waals surface area contributed by atoms with Gasteiger partial charge < -0.3 is 39.0 Å². The Morgan fingerprint density at radius 2 is 1.65 bits per heavy atom. The molecule has 5 N–H and O–H groups in total. The molecule has 2 atom stereocenters. The first-order valence-corrected chi connectivity index (χ1v) is 11.4. The van der Waals surface area contributed by atoms with E-state index in [1.165, 1.54) is 39.5 Å². The topological polar surface area (TPSA) is 172 Å². The summed E-state index contributed by atoms with van der Waals surface area (Å²) in [4.78, 5) is 35.5. The van der Waals surface area contributed by atoms with E-state index >= 15 is 0 Å². The van der Waals surface area contributed by atoms with Gasteiger partial charge in [-0.15, -0.1) is 0 Å². The SMILES string of the molecule is CO[Si](CCCC(CC(=O)O)C(=O)NC(Cc1ccc(O)c(O)c1)C(=O)O)(OC)OC. The summed E-state index contributed by atoms with van der Waals surface area (Å²) in [5, 5.41) is 39.9. The summed E-state index contributed by atoms with van der Waals surface area (Å²) >= 11 is 0. The second-order valence-electron chi connectivity index (χ2n) is 6.91. The van der Waals surface area contributed by atoms with E-state index in [0.29, 0.717) is 18.0 Å². The van der Waals surface area contributed by atoms with Crippen molar-refractivity contribution in [3.63, 3.8) is 0 Å². The van der Waals surface area contributed by atoms with E-state index in [1.54, 1.807) is 0 Å². The van der Waals surface area contributed by atoms with E-state index in [2.05, 4.69) is 5.32 Å². The number of aromatic hydroxyl groups is 2. The predicted octanol–water partition coefficient (Wildman–Crippen LogP) is 0.959. The van der Waals surface area contributed by atoms with E-state index in [-0.39, 0.29) is 18.6 Å². The Morgan fingerprint density at radius 3 is 2.13 bits per heavy atom. The zero-order valence-electron chi connectivity index (χ0n) is 17.7. The smallest absolute Gasteiger partial charge is 0.500 e. The number of carboxylic acids is 2. The number of amides is 1. The van der Waals surface area contributed by atoms with E-state index in [4.69, 9.17) is 18.4 Å². The number of nitrogens with one attached hydrogen (secondary N) is 1. The molecule has 0 bridgehead atoms. The van der Waals surface area contributed by atoms with Crippen molar-refractivity contribution in [3.8, 4) is 11.5 Å². The Bertz CT molecular complexity index is 760. The number of phenolic OH excluding ortho intramolecular Hbond substituents is 2. The quantitative estimate of drug-likeness (QED) is 0.199. The molecular weight excluding hydrogens is 430 g/mol. The molecule has 174 valence electrons. The summed E-state index contributed by atoms with van der Waals surface area (Å²) < 4.78 is 15.9. The Kier molecular flexibility index (Phi) is 10.4. The van der Waals surface area contributed by atoms with Gasteiger partial charge in [0.05, 0.1) is 6.42 Å². The zero-order chi connectivity index (χ0) is 23.6. The van der Waals surface area contributed by atoms with Crippen LogP contribution in [0, 0.1) is 5.92 Å². The number of carbonyl (C=O) groups excluding carboxylic acids is 1. The third kappa shape index (κ3) is 8.17. The number of rotatable bonds is 14. The van der Waals surface area contributed by atoms with E-state index < -0.39 is 50.8 Å². The van der Waals surface area contributed by atoms with Crippen molar-refractivity contribution in [1.29, 1.82) is 0 Å². The average molecular weight is 460 g/mol. The number of carbonyl (C=O) groups is 3. The normalized spacial score (nSPS) is 13.4. The highest BCUT2D eigenvalue weighted by Gasteiger charge is 2.37. The van der Waals surface area contributed by atoms with Crippen molar-refractivity contribution >= 4 is 26.7 Å². The highest BCUT2D eigenvalue weighted by molar-refractivity contribution is 6.60. The lowest BCUT2D eigenvalue weighted by atomic mass is 9.97. The minimum atomic E-state index is -2.89. The highest BCUT2D eigenvalue weighted by atomic mass is 28.4. The molecule has 1 amide bonds. The fraction of sp³-hybridized carbons (Fsp3) is 0.526. The third-order valence-corrected chi connectivity index (χ3v) is 7.69. The van der Waals surface area contributed by atoms with Gasteiger partial charge in [-0.05, 0) is 30.5 Å². The molecule has 0 aliphatic rings. The van der Waals surface area contributed by atoms with Crippen molar-refractivity contribution < 1.29 is 48.1 Å². The van der Waals surface area contributed by atoms with Crippen LogP contribution in [0.4, 0.5) is 0 Å². The molecular formula is C19H29NO10Si. The number of benzene rings is 1. The lowest BCUT2D eigenvalue weighted by Gasteiger charge is -2.25. The van der Waals surface area contributed by atoms with Crippen LogP contribution < -0.4 is 5.32 Å². The molecule has 0 saturated carbocycles. The number of hydrogen-bond donors (Lipinski definition) is 5. The molecule has 0 heterocycles. The third-order valence-electron chi connectivity index (χ3n) is 4.85. The molecule has 12 heteroatoms. The van der Waals surface area contributed by atoms with E-state index in [9.17, 15) is 29.7 Å². The molecule has 1 aromatic rings. The average Bonchev–Trinajstić information content (AvgIpc) is 2.72. The van der Waals surface area contributed by atoms with Gasteiger partial charge >= 0.3 is 20.7 Å². The maximum atomic E-state index is 12.7. The predicted molar refractivity (Wildman–Crippen MR) is 110 cm³/mol. The molecule has 0 saturated heterocycles.